The number of hydrogen-bond acceptors (Lipinski definition) is 5. The van der Waals surface area contributed by atoms with E-state index in [9.17, 15) is 13.2 Å². The highest BCUT2D eigenvalue weighted by atomic mass is 35.5. The van der Waals surface area contributed by atoms with Crippen LogP contribution in [-0.2, 0) is 21.4 Å². The Bertz CT molecular complexity index is 1360. The summed E-state index contributed by atoms with van der Waals surface area (Å²) < 4.78 is 33.7. The Morgan fingerprint density at radius 3 is 2.76 bits per heavy atom. The number of rotatable bonds is 7. The molecule has 0 saturated carbocycles. The smallest absolute Gasteiger partial charge is 0.241 e. The molecule has 33 heavy (non-hydrogen) atoms. The summed E-state index contributed by atoms with van der Waals surface area (Å²) in [5.41, 5.74) is 6.93. The number of halogens is 1. The van der Waals surface area contributed by atoms with Gasteiger partial charge in [0.2, 0.25) is 15.9 Å². The molecule has 0 bridgehead atoms. The number of carbonyl (C=O) groups is 1. The number of ether oxygens (including phenoxy) is 1. The number of fused-ring (bicyclic) bond motifs is 1. The maximum Gasteiger partial charge on any atom is 0.241 e. The largest absolute Gasteiger partial charge is 0.495 e. The van der Waals surface area contributed by atoms with Crippen LogP contribution in [0.25, 0.3) is 10.8 Å². The van der Waals surface area contributed by atoms with Gasteiger partial charge in [-0.1, -0.05) is 41.9 Å². The second kappa shape index (κ2) is 9.01. The lowest BCUT2D eigenvalue weighted by atomic mass is 10.1. The van der Waals surface area contributed by atoms with Crippen molar-refractivity contribution in [2.24, 2.45) is 5.73 Å². The summed E-state index contributed by atoms with van der Waals surface area (Å²) in [6.07, 6.45) is 0.362. The van der Waals surface area contributed by atoms with Crippen molar-refractivity contribution in [3.63, 3.8) is 0 Å². The van der Waals surface area contributed by atoms with E-state index >= 15 is 0 Å². The predicted octanol–water partition coefficient (Wildman–Crippen LogP) is 2.87. The molecule has 4 rings (SSSR count). The number of hydrogen-bond donors (Lipinski definition) is 3. The zero-order valence-corrected chi connectivity index (χ0v) is 19.4. The molecule has 8 nitrogen and oxygen atoms in total. The van der Waals surface area contributed by atoms with E-state index in [0.29, 0.717) is 46.6 Å². The van der Waals surface area contributed by atoms with Gasteiger partial charge in [-0.15, -0.1) is 0 Å². The monoisotopic (exact) mass is 486 g/mol. The van der Waals surface area contributed by atoms with E-state index < -0.39 is 16.1 Å². The summed E-state index contributed by atoms with van der Waals surface area (Å²) in [5, 5.41) is 9.28. The van der Waals surface area contributed by atoms with E-state index in [0.717, 1.165) is 5.56 Å². The summed E-state index contributed by atoms with van der Waals surface area (Å²) in [4.78, 5) is 14.5. The lowest BCUT2D eigenvalue weighted by molar-refractivity contribution is -0.129. The normalized spacial score (nSPS) is 16.4. The first-order valence-electron chi connectivity index (χ1n) is 10.2. The molecule has 10 heteroatoms. The van der Waals surface area contributed by atoms with E-state index in [1.807, 2.05) is 6.07 Å². The fourth-order valence-corrected chi connectivity index (χ4v) is 5.46. The summed E-state index contributed by atoms with van der Waals surface area (Å²) in [6.45, 7) is 0.734. The molecule has 1 aliphatic heterocycles. The molecule has 172 valence electrons. The molecule has 0 aliphatic carbocycles. The zero-order valence-electron chi connectivity index (χ0n) is 17.8. The first-order valence-corrected chi connectivity index (χ1v) is 12.1. The first kappa shape index (κ1) is 23.0. The molecule has 3 aromatic carbocycles. The second-order valence-corrected chi connectivity index (χ2v) is 9.89. The Hall–Kier alpha value is -3.14. The molecule has 1 saturated heterocycles. The number of nitrogens with one attached hydrogen (secondary N) is 2. The average molecular weight is 487 g/mol. The van der Waals surface area contributed by atoms with Crippen LogP contribution in [0.4, 0.5) is 0 Å². The van der Waals surface area contributed by atoms with Gasteiger partial charge in [-0.2, -0.15) is 4.72 Å². The van der Waals surface area contributed by atoms with Gasteiger partial charge >= 0.3 is 0 Å². The quantitative estimate of drug-likeness (QED) is 0.349. The third-order valence-electron chi connectivity index (χ3n) is 5.63. The lowest BCUT2D eigenvalue weighted by Crippen LogP contribution is -2.41. The van der Waals surface area contributed by atoms with Gasteiger partial charge in [0.1, 0.15) is 17.6 Å². The zero-order chi connectivity index (χ0) is 23.8. The highest BCUT2D eigenvalue weighted by molar-refractivity contribution is 7.89. The highest BCUT2D eigenvalue weighted by Crippen LogP contribution is 2.33. The van der Waals surface area contributed by atoms with Gasteiger partial charge in [-0.25, -0.2) is 8.42 Å². The topological polar surface area (TPSA) is 126 Å². The van der Waals surface area contributed by atoms with Gasteiger partial charge in [0.05, 0.1) is 17.0 Å². The van der Waals surface area contributed by atoms with Crippen molar-refractivity contribution < 1.29 is 17.9 Å². The Morgan fingerprint density at radius 1 is 1.24 bits per heavy atom. The molecular formula is C23H23ClN4O4S. The van der Waals surface area contributed by atoms with Gasteiger partial charge in [-0.3, -0.25) is 10.2 Å². The Balaban J connectivity index is 1.50. The van der Waals surface area contributed by atoms with Crippen LogP contribution in [0.5, 0.6) is 5.75 Å². The second-order valence-electron chi connectivity index (χ2n) is 7.80. The van der Waals surface area contributed by atoms with Gasteiger partial charge in [0.15, 0.2) is 0 Å². The summed E-state index contributed by atoms with van der Waals surface area (Å²) in [7, 11) is -2.42. The summed E-state index contributed by atoms with van der Waals surface area (Å²) in [6, 6.07) is 14.3. The molecule has 1 amide bonds. The van der Waals surface area contributed by atoms with E-state index in [1.165, 1.54) is 19.2 Å². The standard InChI is InChI=1S/C23H23ClN4O4S/c1-32-20-8-5-15-12-17(6-7-18(15)21(20)24)33(30,31)27-19-9-10-28(23(19)29)13-14-3-2-4-16(11-14)22(25)26/h2-8,11-12,19,27H,9-10,13H2,1H3,(H3,25,26)/t19-/m0/s1. The minimum Gasteiger partial charge on any atom is -0.495 e. The SMILES string of the molecule is COc1ccc2cc(S(=O)(=O)N[C@H]3CCN(Cc4cccc(C(=N)N)c4)C3=O)ccc2c1Cl. The van der Waals surface area contributed by atoms with Crippen molar-refractivity contribution >= 4 is 44.1 Å². The fraction of sp³-hybridized carbons (Fsp3) is 0.217. The Morgan fingerprint density at radius 2 is 2.03 bits per heavy atom. The molecule has 1 aliphatic rings. The fourth-order valence-electron chi connectivity index (χ4n) is 3.89. The van der Waals surface area contributed by atoms with Gasteiger partial charge in [0.25, 0.3) is 0 Å². The van der Waals surface area contributed by atoms with E-state index in [1.54, 1.807) is 41.3 Å². The number of nitrogen functional groups attached to an aromatic ring is 1. The van der Waals surface area contributed by atoms with Crippen LogP contribution in [0.2, 0.25) is 5.02 Å². The Labute approximate surface area is 196 Å². The molecule has 1 fully saturated rings. The van der Waals surface area contributed by atoms with Crippen LogP contribution < -0.4 is 15.2 Å². The maximum atomic E-state index is 13.0. The van der Waals surface area contributed by atoms with Gasteiger partial charge in [0, 0.05) is 24.0 Å². The van der Waals surface area contributed by atoms with Crippen molar-refractivity contribution in [1.29, 1.82) is 5.41 Å². The van der Waals surface area contributed by atoms with E-state index in [2.05, 4.69) is 4.72 Å². The minimum absolute atomic E-state index is 0.0506. The third-order valence-corrected chi connectivity index (χ3v) is 7.49. The number of nitrogens with two attached hydrogens (primary N) is 1. The van der Waals surface area contributed by atoms with Crippen LogP contribution in [-0.4, -0.2) is 44.8 Å². The third kappa shape index (κ3) is 4.66. The molecule has 3 aromatic rings. The van der Waals surface area contributed by atoms with Crippen molar-refractivity contribution in [1.82, 2.24) is 9.62 Å². The molecular weight excluding hydrogens is 464 g/mol. The lowest BCUT2D eigenvalue weighted by Gasteiger charge is -2.18. The predicted molar refractivity (Wildman–Crippen MR) is 127 cm³/mol. The van der Waals surface area contributed by atoms with Crippen molar-refractivity contribution in [2.45, 2.75) is 23.9 Å². The van der Waals surface area contributed by atoms with Gasteiger partial charge < -0.3 is 15.4 Å². The molecule has 1 heterocycles. The molecule has 4 N–H and O–H groups in total. The van der Waals surface area contributed by atoms with E-state index in [-0.39, 0.29) is 16.6 Å². The molecule has 1 atom stereocenters. The van der Waals surface area contributed by atoms with Crippen molar-refractivity contribution in [2.75, 3.05) is 13.7 Å². The molecule has 0 radical (unpaired) electrons. The summed E-state index contributed by atoms with van der Waals surface area (Å²) >= 11 is 6.32. The first-order chi connectivity index (χ1) is 15.7. The Kier molecular flexibility index (Phi) is 6.29. The number of methoxy groups -OCH3 is 1. The van der Waals surface area contributed by atoms with Crippen LogP contribution in [0.15, 0.2) is 59.5 Å². The van der Waals surface area contributed by atoms with Crippen LogP contribution in [0, 0.1) is 5.41 Å². The van der Waals surface area contributed by atoms with E-state index in [4.69, 9.17) is 27.5 Å². The molecule has 0 unspecified atom stereocenters. The maximum absolute atomic E-state index is 13.0. The number of nitrogens with zero attached hydrogens (tertiary/aromatic N) is 1. The summed E-state index contributed by atoms with van der Waals surface area (Å²) in [5.74, 6) is 0.161. The number of carbonyl (C=O) groups excluding carboxylic acids is 1. The average Bonchev–Trinajstić information content (AvgIpc) is 3.12. The van der Waals surface area contributed by atoms with Crippen LogP contribution in [0.1, 0.15) is 17.5 Å². The van der Waals surface area contributed by atoms with Crippen LogP contribution >= 0.6 is 11.6 Å². The number of amides is 1. The van der Waals surface area contributed by atoms with Crippen LogP contribution in [0.3, 0.4) is 0 Å². The number of likely N-dealkylation sites (tertiary alicyclic amines) is 1. The minimum atomic E-state index is -3.93. The van der Waals surface area contributed by atoms with Crippen molar-refractivity contribution in [3.8, 4) is 5.75 Å². The van der Waals surface area contributed by atoms with Crippen molar-refractivity contribution in [3.05, 3.63) is 70.7 Å². The van der Waals surface area contributed by atoms with Gasteiger partial charge in [-0.05, 0) is 41.6 Å². The number of benzene rings is 3. The molecule has 0 spiro atoms. The highest BCUT2D eigenvalue weighted by Gasteiger charge is 2.35. The number of amidine groups is 1. The molecule has 0 aromatic heterocycles. The number of sulfonamides is 1.